The first kappa shape index (κ1) is 31.0. The van der Waals surface area contributed by atoms with E-state index in [1.165, 1.54) is 0 Å². The Hall–Kier alpha value is -4.96. The smallest absolute Gasteiger partial charge is 0.522 e. The van der Waals surface area contributed by atoms with Gasteiger partial charge < -0.3 is 9.31 Å². The minimum Gasteiger partial charge on any atom is -0.522 e. The third-order valence-electron chi connectivity index (χ3n) is 7.19. The van der Waals surface area contributed by atoms with Crippen LogP contribution in [-0.4, -0.2) is 7.12 Å². The highest BCUT2D eigenvalue weighted by molar-refractivity contribution is 6.50. The molecule has 1 unspecified atom stereocenters. The van der Waals surface area contributed by atoms with E-state index in [1.54, 1.807) is 0 Å². The highest BCUT2D eigenvalue weighted by atomic mass is 19.2. The molecule has 0 heterocycles. The molecule has 0 spiro atoms. The van der Waals surface area contributed by atoms with Crippen LogP contribution < -0.4 is 9.31 Å². The van der Waals surface area contributed by atoms with Crippen molar-refractivity contribution in [2.75, 3.05) is 0 Å². The van der Waals surface area contributed by atoms with Gasteiger partial charge in [0.2, 0.25) is 11.6 Å². The summed E-state index contributed by atoms with van der Waals surface area (Å²) in [5, 5.41) is -5.45. The van der Waals surface area contributed by atoms with Gasteiger partial charge in [0.15, 0.2) is 64.0 Å². The SMILES string of the molecule is FC1=C(F)C(B(Oc2c(F)c(F)c(F)c3c(F)c(F)ccc23)Oc2c(F)c(F)c(F)c3c(F)c(F)ccc23)c2ccc(F)c(F)c21. The maximum atomic E-state index is 15.5. The standard InChI is InChI=1S/C29H7BF14O2/c31-10-4-1-7-13(17(10)34)20(37)23(40)16(7)30(45-28-8-2-5-11(32)18(35)14(8)21(38)24(41)26(28)43)46-29-9-3-6-12(33)19(36)15(9)22(39)25(42)27(29)44/h1-6,16H. The fourth-order valence-corrected chi connectivity index (χ4v) is 5.09. The van der Waals surface area contributed by atoms with Crippen molar-refractivity contribution in [3.05, 3.63) is 123 Å². The quantitative estimate of drug-likeness (QED) is 0.106. The molecule has 1 aliphatic rings. The van der Waals surface area contributed by atoms with Crippen LogP contribution >= 0.6 is 0 Å². The van der Waals surface area contributed by atoms with Gasteiger partial charge in [-0.25, -0.2) is 52.7 Å². The molecule has 5 aromatic carbocycles. The van der Waals surface area contributed by atoms with E-state index in [1.807, 2.05) is 0 Å². The summed E-state index contributed by atoms with van der Waals surface area (Å²) < 4.78 is 215. The third-order valence-corrected chi connectivity index (χ3v) is 7.19. The largest absolute Gasteiger partial charge is 0.610 e. The number of hydrogen-bond donors (Lipinski definition) is 0. The molecule has 6 rings (SSSR count). The molecular formula is C29H7BF14O2. The zero-order valence-corrected chi connectivity index (χ0v) is 21.7. The lowest BCUT2D eigenvalue weighted by Gasteiger charge is -2.24. The first-order chi connectivity index (χ1) is 21.7. The van der Waals surface area contributed by atoms with Crippen molar-refractivity contribution in [2.45, 2.75) is 5.82 Å². The minimum atomic E-state index is -2.97. The molecule has 1 aliphatic carbocycles. The predicted octanol–water partition coefficient (Wildman–Crippen LogP) is 9.55. The summed E-state index contributed by atoms with van der Waals surface area (Å²) in [6.07, 6.45) is 0. The van der Waals surface area contributed by atoms with Gasteiger partial charge in [-0.2, -0.15) is 8.78 Å². The van der Waals surface area contributed by atoms with Gasteiger partial charge in [-0.05, 0) is 35.9 Å². The Labute approximate surface area is 246 Å². The van der Waals surface area contributed by atoms with E-state index in [2.05, 4.69) is 0 Å². The molecule has 46 heavy (non-hydrogen) atoms. The van der Waals surface area contributed by atoms with Crippen molar-refractivity contribution in [3.8, 4) is 11.5 Å². The van der Waals surface area contributed by atoms with Crippen molar-refractivity contribution >= 4 is 34.5 Å². The van der Waals surface area contributed by atoms with E-state index in [0.717, 1.165) is 0 Å². The van der Waals surface area contributed by atoms with Gasteiger partial charge in [-0.15, -0.1) is 0 Å². The number of benzene rings is 5. The monoisotopic (exact) mass is 664 g/mol. The van der Waals surface area contributed by atoms with E-state index in [9.17, 15) is 48.3 Å². The zero-order chi connectivity index (χ0) is 33.5. The van der Waals surface area contributed by atoms with Crippen molar-refractivity contribution in [1.82, 2.24) is 0 Å². The first-order valence-corrected chi connectivity index (χ1v) is 12.4. The fraction of sp³-hybridized carbons (Fsp3) is 0.0345. The average molecular weight is 664 g/mol. The second-order valence-corrected chi connectivity index (χ2v) is 9.68. The Morgan fingerprint density at radius 2 is 0.848 bits per heavy atom. The van der Waals surface area contributed by atoms with E-state index >= 15 is 13.2 Å². The summed E-state index contributed by atoms with van der Waals surface area (Å²) in [6.45, 7) is 0. The highest BCUT2D eigenvalue weighted by Crippen LogP contribution is 2.48. The van der Waals surface area contributed by atoms with Gasteiger partial charge in [0, 0.05) is 10.8 Å². The van der Waals surface area contributed by atoms with E-state index in [0.29, 0.717) is 24.3 Å². The van der Waals surface area contributed by atoms with E-state index < -0.39 is 139 Å². The maximum Gasteiger partial charge on any atom is 0.610 e. The van der Waals surface area contributed by atoms with Crippen LogP contribution in [-0.2, 0) is 0 Å². The molecule has 0 amide bonds. The number of halogens is 14. The Bertz CT molecular complexity index is 2070. The molecule has 17 heteroatoms. The topological polar surface area (TPSA) is 18.5 Å². The molecule has 0 saturated carbocycles. The summed E-state index contributed by atoms with van der Waals surface area (Å²) >= 11 is 0. The Morgan fingerprint density at radius 1 is 0.435 bits per heavy atom. The van der Waals surface area contributed by atoms with Crippen LogP contribution in [0.5, 0.6) is 11.5 Å². The summed E-state index contributed by atoms with van der Waals surface area (Å²) in [5.41, 5.74) is -2.33. The van der Waals surface area contributed by atoms with Crippen LogP contribution in [0.25, 0.3) is 27.4 Å². The third kappa shape index (κ3) is 4.35. The van der Waals surface area contributed by atoms with Gasteiger partial charge in [0.25, 0.3) is 0 Å². The van der Waals surface area contributed by atoms with Crippen molar-refractivity contribution in [1.29, 1.82) is 0 Å². The van der Waals surface area contributed by atoms with E-state index in [-0.39, 0.29) is 12.1 Å². The van der Waals surface area contributed by atoms with Gasteiger partial charge in [0.05, 0.1) is 16.3 Å². The number of allylic oxidation sites excluding steroid dienone is 1. The van der Waals surface area contributed by atoms with E-state index in [4.69, 9.17) is 9.31 Å². The van der Waals surface area contributed by atoms with Crippen molar-refractivity contribution in [3.63, 3.8) is 0 Å². The molecule has 0 saturated heterocycles. The number of fused-ring (bicyclic) bond motifs is 3. The van der Waals surface area contributed by atoms with Crippen LogP contribution in [0.1, 0.15) is 16.9 Å². The molecular weight excluding hydrogens is 657 g/mol. The van der Waals surface area contributed by atoms with Gasteiger partial charge in [-0.1, -0.05) is 6.07 Å². The molecule has 1 atom stereocenters. The fourth-order valence-electron chi connectivity index (χ4n) is 5.09. The van der Waals surface area contributed by atoms with Gasteiger partial charge in [0.1, 0.15) is 23.1 Å². The molecule has 0 radical (unpaired) electrons. The van der Waals surface area contributed by atoms with Gasteiger partial charge in [-0.3, -0.25) is 0 Å². The number of rotatable bonds is 5. The molecule has 5 aromatic rings. The summed E-state index contributed by atoms with van der Waals surface area (Å²) in [6, 6.07) is 2.29. The maximum absolute atomic E-state index is 15.5. The Kier molecular flexibility index (Phi) is 7.32. The van der Waals surface area contributed by atoms with Crippen molar-refractivity contribution < 1.29 is 70.8 Å². The van der Waals surface area contributed by atoms with Crippen LogP contribution in [0.2, 0.25) is 0 Å². The lowest BCUT2D eigenvalue weighted by Crippen LogP contribution is -2.38. The normalized spacial score (nSPS) is 14.4. The number of hydrogen-bond acceptors (Lipinski definition) is 2. The molecule has 0 N–H and O–H groups in total. The lowest BCUT2D eigenvalue weighted by molar-refractivity contribution is 0.358. The Morgan fingerprint density at radius 3 is 1.30 bits per heavy atom. The van der Waals surface area contributed by atoms with Crippen molar-refractivity contribution in [2.24, 2.45) is 0 Å². The molecule has 0 aliphatic heterocycles. The summed E-state index contributed by atoms with van der Waals surface area (Å²) in [5.74, 6) is -35.9. The molecule has 0 bridgehead atoms. The molecule has 0 fully saturated rings. The second kappa shape index (κ2) is 10.8. The summed E-state index contributed by atoms with van der Waals surface area (Å²) in [7, 11) is -2.97. The van der Waals surface area contributed by atoms with Crippen LogP contribution in [0, 0.1) is 69.8 Å². The second-order valence-electron chi connectivity index (χ2n) is 9.68. The highest BCUT2D eigenvalue weighted by Gasteiger charge is 2.50. The molecule has 236 valence electrons. The minimum absolute atomic E-state index is 0.278. The lowest BCUT2D eigenvalue weighted by atomic mass is 9.68. The van der Waals surface area contributed by atoms with Gasteiger partial charge >= 0.3 is 7.12 Å². The predicted molar refractivity (Wildman–Crippen MR) is 133 cm³/mol. The van der Waals surface area contributed by atoms with Crippen LogP contribution in [0.3, 0.4) is 0 Å². The average Bonchev–Trinajstić information content (AvgIpc) is 3.28. The van der Waals surface area contributed by atoms with Crippen LogP contribution in [0.4, 0.5) is 61.5 Å². The molecule has 2 nitrogen and oxygen atoms in total. The molecule has 0 aromatic heterocycles. The summed E-state index contributed by atoms with van der Waals surface area (Å²) in [4.78, 5) is 0. The Balaban J connectivity index is 1.64. The zero-order valence-electron chi connectivity index (χ0n) is 21.7. The van der Waals surface area contributed by atoms with Crippen LogP contribution in [0.15, 0.2) is 42.2 Å². The first-order valence-electron chi connectivity index (χ1n) is 12.4.